The van der Waals surface area contributed by atoms with Crippen molar-refractivity contribution in [1.29, 1.82) is 0 Å². The number of carbonyl (C=O) groups excluding carboxylic acids is 3. The Balaban J connectivity index is 2.21. The number of aromatic nitrogens is 1. The van der Waals surface area contributed by atoms with Crippen LogP contribution in [0, 0.1) is 0 Å². The summed E-state index contributed by atoms with van der Waals surface area (Å²) in [6, 6.07) is 3.32. The highest BCUT2D eigenvalue weighted by atomic mass is 35.5. The van der Waals surface area contributed by atoms with E-state index >= 15 is 0 Å². The molecule has 2 aromatic rings. The Morgan fingerprint density at radius 3 is 2.35 bits per heavy atom. The molecule has 5 N–H and O–H groups in total. The van der Waals surface area contributed by atoms with Crippen LogP contribution in [0.3, 0.4) is 0 Å². The van der Waals surface area contributed by atoms with Crippen LogP contribution in [0.25, 0.3) is 10.6 Å². The molecule has 0 fully saturated rings. The van der Waals surface area contributed by atoms with Crippen molar-refractivity contribution < 1.29 is 14.4 Å². The SMILES string of the molecule is NC(=O)C(NC(=O)c1csc(-c2ccc(Cl)c(Cl)c2)n1)C(N)=O. The highest BCUT2D eigenvalue weighted by Crippen LogP contribution is 2.30. The van der Waals surface area contributed by atoms with Gasteiger partial charge in [0.25, 0.3) is 5.91 Å². The third kappa shape index (κ3) is 3.98. The van der Waals surface area contributed by atoms with E-state index < -0.39 is 23.8 Å². The highest BCUT2D eigenvalue weighted by Gasteiger charge is 2.25. The first-order valence-electron chi connectivity index (χ1n) is 6.10. The molecule has 0 aliphatic heterocycles. The third-order valence-electron chi connectivity index (χ3n) is 2.75. The summed E-state index contributed by atoms with van der Waals surface area (Å²) in [6.45, 7) is 0. The molecule has 1 heterocycles. The summed E-state index contributed by atoms with van der Waals surface area (Å²) in [7, 11) is 0. The van der Waals surface area contributed by atoms with E-state index in [-0.39, 0.29) is 5.69 Å². The van der Waals surface area contributed by atoms with Crippen LogP contribution in [0.2, 0.25) is 10.0 Å². The maximum atomic E-state index is 12.0. The molecule has 0 radical (unpaired) electrons. The number of nitrogens with two attached hydrogens (primary N) is 2. The number of thiazole rings is 1. The topological polar surface area (TPSA) is 128 Å². The van der Waals surface area contributed by atoms with Crippen LogP contribution in [0.1, 0.15) is 10.5 Å². The van der Waals surface area contributed by atoms with Crippen LogP contribution >= 0.6 is 34.5 Å². The van der Waals surface area contributed by atoms with Gasteiger partial charge in [-0.2, -0.15) is 0 Å². The molecule has 120 valence electrons. The van der Waals surface area contributed by atoms with Gasteiger partial charge in [0.15, 0.2) is 6.04 Å². The fourth-order valence-corrected chi connectivity index (χ4v) is 2.72. The van der Waals surface area contributed by atoms with Crippen LogP contribution in [0.4, 0.5) is 0 Å². The van der Waals surface area contributed by atoms with Crippen LogP contribution in [0.5, 0.6) is 0 Å². The minimum Gasteiger partial charge on any atom is -0.367 e. The van der Waals surface area contributed by atoms with Gasteiger partial charge in [-0.15, -0.1) is 11.3 Å². The Labute approximate surface area is 144 Å². The van der Waals surface area contributed by atoms with Crippen molar-refractivity contribution in [2.75, 3.05) is 0 Å². The molecule has 1 aromatic carbocycles. The first-order valence-corrected chi connectivity index (χ1v) is 7.73. The molecule has 0 atom stereocenters. The highest BCUT2D eigenvalue weighted by molar-refractivity contribution is 7.13. The van der Waals surface area contributed by atoms with E-state index in [1.165, 1.54) is 16.7 Å². The van der Waals surface area contributed by atoms with Gasteiger partial charge in [-0.05, 0) is 12.1 Å². The van der Waals surface area contributed by atoms with E-state index in [1.807, 2.05) is 0 Å². The molecule has 2 rings (SSSR count). The zero-order valence-corrected chi connectivity index (χ0v) is 13.7. The minimum absolute atomic E-state index is 0.0172. The standard InChI is InChI=1S/C13H10Cl2N4O3S/c14-6-2-1-5(3-7(6)15)13-18-8(4-23-13)12(22)19-9(10(16)20)11(17)21/h1-4,9H,(H2,16,20)(H2,17,21)(H,19,22). The van der Waals surface area contributed by atoms with Gasteiger partial charge in [-0.25, -0.2) is 4.98 Å². The van der Waals surface area contributed by atoms with Crippen LogP contribution in [0.15, 0.2) is 23.6 Å². The van der Waals surface area contributed by atoms with E-state index in [2.05, 4.69) is 10.3 Å². The van der Waals surface area contributed by atoms with Gasteiger partial charge in [0.1, 0.15) is 10.7 Å². The summed E-state index contributed by atoms with van der Waals surface area (Å²) in [5.74, 6) is -2.84. The third-order valence-corrected chi connectivity index (χ3v) is 4.38. The molecule has 1 aromatic heterocycles. The summed E-state index contributed by atoms with van der Waals surface area (Å²) in [4.78, 5) is 38.3. The molecule has 0 unspecified atom stereocenters. The number of hydrogen-bond donors (Lipinski definition) is 3. The van der Waals surface area contributed by atoms with E-state index in [0.29, 0.717) is 20.6 Å². The molecular formula is C13H10Cl2N4O3S. The second-order valence-electron chi connectivity index (χ2n) is 4.38. The van der Waals surface area contributed by atoms with Crippen molar-refractivity contribution >= 4 is 52.3 Å². The Hall–Kier alpha value is -2.16. The fraction of sp³-hybridized carbons (Fsp3) is 0.0769. The zero-order valence-electron chi connectivity index (χ0n) is 11.4. The lowest BCUT2D eigenvalue weighted by Gasteiger charge is -2.10. The maximum Gasteiger partial charge on any atom is 0.271 e. The zero-order chi connectivity index (χ0) is 17.1. The van der Waals surface area contributed by atoms with Gasteiger partial charge in [0, 0.05) is 10.9 Å². The number of hydrogen-bond acceptors (Lipinski definition) is 5. The van der Waals surface area contributed by atoms with Gasteiger partial charge in [-0.3, -0.25) is 14.4 Å². The monoisotopic (exact) mass is 372 g/mol. The minimum atomic E-state index is -1.60. The van der Waals surface area contributed by atoms with Gasteiger partial charge >= 0.3 is 0 Å². The van der Waals surface area contributed by atoms with Gasteiger partial charge in [0.2, 0.25) is 11.8 Å². The number of carbonyl (C=O) groups is 3. The number of rotatable bonds is 5. The molecule has 0 spiro atoms. The summed E-state index contributed by atoms with van der Waals surface area (Å²) < 4.78 is 0. The summed E-state index contributed by atoms with van der Waals surface area (Å²) in [5.41, 5.74) is 10.7. The van der Waals surface area contributed by atoms with Crippen molar-refractivity contribution in [3.05, 3.63) is 39.3 Å². The number of nitrogens with zero attached hydrogens (tertiary/aromatic N) is 1. The number of nitrogens with one attached hydrogen (secondary N) is 1. The number of halogens is 2. The Morgan fingerprint density at radius 1 is 1.13 bits per heavy atom. The van der Waals surface area contributed by atoms with Crippen molar-refractivity contribution in [3.8, 4) is 10.6 Å². The summed E-state index contributed by atoms with van der Waals surface area (Å²) >= 11 is 13.0. The maximum absolute atomic E-state index is 12.0. The van der Waals surface area contributed by atoms with E-state index in [9.17, 15) is 14.4 Å². The van der Waals surface area contributed by atoms with Gasteiger partial charge < -0.3 is 16.8 Å². The van der Waals surface area contributed by atoms with Crippen LogP contribution in [-0.2, 0) is 9.59 Å². The Morgan fingerprint density at radius 2 is 1.78 bits per heavy atom. The lowest BCUT2D eigenvalue weighted by molar-refractivity contribution is -0.128. The van der Waals surface area contributed by atoms with Gasteiger partial charge in [0.05, 0.1) is 10.0 Å². The second-order valence-corrected chi connectivity index (χ2v) is 6.05. The number of primary amides is 2. The lowest BCUT2D eigenvalue weighted by atomic mass is 10.2. The average molecular weight is 373 g/mol. The molecular weight excluding hydrogens is 363 g/mol. The van der Waals surface area contributed by atoms with E-state index in [0.717, 1.165) is 0 Å². The van der Waals surface area contributed by atoms with E-state index in [4.69, 9.17) is 34.7 Å². The molecule has 0 aliphatic rings. The first kappa shape index (κ1) is 17.2. The first-order chi connectivity index (χ1) is 10.8. The van der Waals surface area contributed by atoms with Crippen LogP contribution in [-0.4, -0.2) is 28.7 Å². The quantitative estimate of drug-likeness (QED) is 0.680. The predicted octanol–water partition coefficient (Wildman–Crippen LogP) is 1.19. The molecule has 3 amide bonds. The molecule has 10 heteroatoms. The van der Waals surface area contributed by atoms with Crippen LogP contribution < -0.4 is 16.8 Å². The summed E-state index contributed by atoms with van der Waals surface area (Å²) in [5, 5.41) is 4.86. The smallest absolute Gasteiger partial charge is 0.271 e. The van der Waals surface area contributed by atoms with Crippen molar-refractivity contribution in [3.63, 3.8) is 0 Å². The van der Waals surface area contributed by atoms with Crippen molar-refractivity contribution in [1.82, 2.24) is 10.3 Å². The number of benzene rings is 1. The average Bonchev–Trinajstić information content (AvgIpc) is 2.96. The molecule has 7 nitrogen and oxygen atoms in total. The number of amides is 3. The fourth-order valence-electron chi connectivity index (χ4n) is 1.63. The molecule has 23 heavy (non-hydrogen) atoms. The Bertz CT molecular complexity index is 779. The normalized spacial score (nSPS) is 10.6. The summed E-state index contributed by atoms with van der Waals surface area (Å²) in [6.07, 6.45) is 0. The Kier molecular flexibility index (Phi) is 5.19. The second kappa shape index (κ2) is 6.95. The van der Waals surface area contributed by atoms with Gasteiger partial charge in [-0.1, -0.05) is 29.3 Å². The molecule has 0 bridgehead atoms. The van der Waals surface area contributed by atoms with Crippen molar-refractivity contribution in [2.24, 2.45) is 11.5 Å². The molecule has 0 saturated heterocycles. The molecule has 0 saturated carbocycles. The predicted molar refractivity (Wildman–Crippen MR) is 87.2 cm³/mol. The van der Waals surface area contributed by atoms with E-state index in [1.54, 1.807) is 18.2 Å². The molecule has 0 aliphatic carbocycles. The van der Waals surface area contributed by atoms with Crippen molar-refractivity contribution in [2.45, 2.75) is 6.04 Å². The lowest BCUT2D eigenvalue weighted by Crippen LogP contribution is -2.52. The largest absolute Gasteiger partial charge is 0.367 e.